The van der Waals surface area contributed by atoms with Gasteiger partial charge in [0.1, 0.15) is 5.75 Å². The molecule has 3 aromatic rings. The molecule has 0 spiro atoms. The predicted molar refractivity (Wildman–Crippen MR) is 116 cm³/mol. The van der Waals surface area contributed by atoms with E-state index < -0.39 is 4.92 Å². The summed E-state index contributed by atoms with van der Waals surface area (Å²) in [6.45, 7) is 8.15. The topological polar surface area (TPSA) is 97.8 Å². The molecule has 1 fully saturated rings. The van der Waals surface area contributed by atoms with Gasteiger partial charge in [0.15, 0.2) is 0 Å². The third-order valence-corrected chi connectivity index (χ3v) is 5.49. The van der Waals surface area contributed by atoms with Crippen LogP contribution in [0.3, 0.4) is 0 Å². The summed E-state index contributed by atoms with van der Waals surface area (Å²) < 4.78 is 11.7. The van der Waals surface area contributed by atoms with Crippen molar-refractivity contribution in [2.75, 3.05) is 37.7 Å². The van der Waals surface area contributed by atoms with E-state index in [4.69, 9.17) is 9.15 Å². The van der Waals surface area contributed by atoms with Crippen molar-refractivity contribution in [1.82, 2.24) is 15.1 Å². The van der Waals surface area contributed by atoms with Crippen molar-refractivity contribution >= 4 is 11.4 Å². The van der Waals surface area contributed by atoms with Crippen molar-refractivity contribution in [3.05, 3.63) is 64.5 Å². The van der Waals surface area contributed by atoms with Gasteiger partial charge in [0.25, 0.3) is 5.69 Å². The second-order valence-electron chi connectivity index (χ2n) is 7.35. The summed E-state index contributed by atoms with van der Waals surface area (Å²) >= 11 is 0. The lowest BCUT2D eigenvalue weighted by Gasteiger charge is -2.38. The maximum Gasteiger partial charge on any atom is 0.269 e. The SMILES string of the molecule is CCOc1ccccc1N1CCN([C@@H](C)c2nnc(-c3ccc([N+](=O)[O-])cc3)o2)CC1. The monoisotopic (exact) mass is 423 g/mol. The number of benzene rings is 2. The summed E-state index contributed by atoms with van der Waals surface area (Å²) in [6.07, 6.45) is 0. The Kier molecular flexibility index (Phi) is 6.13. The molecule has 2 heterocycles. The molecule has 1 aromatic heterocycles. The molecule has 1 atom stereocenters. The quantitative estimate of drug-likeness (QED) is 0.416. The molecular weight excluding hydrogens is 398 g/mol. The zero-order chi connectivity index (χ0) is 21.8. The van der Waals surface area contributed by atoms with Gasteiger partial charge in [0.05, 0.1) is 23.3 Å². The molecule has 9 nitrogen and oxygen atoms in total. The van der Waals surface area contributed by atoms with Crippen molar-refractivity contribution < 1.29 is 14.1 Å². The summed E-state index contributed by atoms with van der Waals surface area (Å²) in [5, 5.41) is 19.2. The van der Waals surface area contributed by atoms with Crippen LogP contribution in [0.15, 0.2) is 52.9 Å². The lowest BCUT2D eigenvalue weighted by Crippen LogP contribution is -2.47. The first-order valence-electron chi connectivity index (χ1n) is 10.4. The molecule has 0 amide bonds. The van der Waals surface area contributed by atoms with Gasteiger partial charge < -0.3 is 14.1 Å². The largest absolute Gasteiger partial charge is 0.492 e. The summed E-state index contributed by atoms with van der Waals surface area (Å²) in [7, 11) is 0. The Balaban J connectivity index is 1.40. The smallest absolute Gasteiger partial charge is 0.269 e. The number of ether oxygens (including phenoxy) is 1. The molecule has 4 rings (SSSR count). The van der Waals surface area contributed by atoms with Crippen LogP contribution in [0.4, 0.5) is 11.4 Å². The molecule has 162 valence electrons. The Labute approximate surface area is 180 Å². The minimum absolute atomic E-state index is 0.0245. The molecule has 0 N–H and O–H groups in total. The van der Waals surface area contributed by atoms with E-state index in [1.807, 2.05) is 25.1 Å². The zero-order valence-electron chi connectivity index (χ0n) is 17.6. The number of nitro benzene ring substituents is 1. The fraction of sp³-hybridized carbons (Fsp3) is 0.364. The first kappa shape index (κ1) is 20.8. The fourth-order valence-electron chi connectivity index (χ4n) is 3.75. The number of nitrogens with zero attached hydrogens (tertiary/aromatic N) is 5. The molecule has 1 saturated heterocycles. The maximum atomic E-state index is 10.8. The van der Waals surface area contributed by atoms with Crippen LogP contribution in [0.1, 0.15) is 25.8 Å². The van der Waals surface area contributed by atoms with E-state index in [2.05, 4.69) is 33.0 Å². The van der Waals surface area contributed by atoms with Crippen LogP contribution >= 0.6 is 0 Å². The summed E-state index contributed by atoms with van der Waals surface area (Å²) in [5.74, 6) is 1.81. The van der Waals surface area contributed by atoms with Crippen LogP contribution in [0.25, 0.3) is 11.5 Å². The van der Waals surface area contributed by atoms with Crippen LogP contribution in [0.5, 0.6) is 5.75 Å². The number of rotatable bonds is 7. The highest BCUT2D eigenvalue weighted by Crippen LogP contribution is 2.31. The predicted octanol–water partition coefficient (Wildman–Crippen LogP) is 3.93. The van der Waals surface area contributed by atoms with Gasteiger partial charge in [-0.25, -0.2) is 0 Å². The zero-order valence-corrected chi connectivity index (χ0v) is 17.6. The van der Waals surface area contributed by atoms with Gasteiger partial charge in [-0.05, 0) is 38.1 Å². The molecular formula is C22H25N5O4. The van der Waals surface area contributed by atoms with Gasteiger partial charge in [-0.3, -0.25) is 15.0 Å². The van der Waals surface area contributed by atoms with E-state index >= 15 is 0 Å². The Bertz CT molecular complexity index is 1030. The second kappa shape index (κ2) is 9.13. The molecule has 1 aliphatic rings. The first-order valence-corrected chi connectivity index (χ1v) is 10.4. The van der Waals surface area contributed by atoms with Crippen molar-refractivity contribution in [2.45, 2.75) is 19.9 Å². The van der Waals surface area contributed by atoms with E-state index in [0.29, 0.717) is 24.0 Å². The van der Waals surface area contributed by atoms with Crippen LogP contribution in [-0.4, -0.2) is 52.8 Å². The van der Waals surface area contributed by atoms with Gasteiger partial charge in [0, 0.05) is 43.9 Å². The number of para-hydroxylation sites is 2. The van der Waals surface area contributed by atoms with Crippen LogP contribution in [0, 0.1) is 10.1 Å². The molecule has 0 aliphatic carbocycles. The average Bonchev–Trinajstić information content (AvgIpc) is 3.30. The van der Waals surface area contributed by atoms with Crippen LogP contribution in [-0.2, 0) is 0 Å². The summed E-state index contributed by atoms with van der Waals surface area (Å²) in [6, 6.07) is 14.2. The van der Waals surface area contributed by atoms with E-state index in [0.717, 1.165) is 37.6 Å². The summed E-state index contributed by atoms with van der Waals surface area (Å²) in [4.78, 5) is 15.0. The molecule has 0 saturated carbocycles. The van der Waals surface area contributed by atoms with Crippen LogP contribution in [0.2, 0.25) is 0 Å². The maximum absolute atomic E-state index is 10.8. The van der Waals surface area contributed by atoms with Gasteiger partial charge >= 0.3 is 0 Å². The van der Waals surface area contributed by atoms with Gasteiger partial charge in [-0.2, -0.15) is 0 Å². The van der Waals surface area contributed by atoms with E-state index in [9.17, 15) is 10.1 Å². The molecule has 0 radical (unpaired) electrons. The van der Waals surface area contributed by atoms with E-state index in [-0.39, 0.29) is 11.7 Å². The number of non-ortho nitro benzene ring substituents is 1. The van der Waals surface area contributed by atoms with Gasteiger partial charge in [-0.1, -0.05) is 12.1 Å². The second-order valence-corrected chi connectivity index (χ2v) is 7.35. The summed E-state index contributed by atoms with van der Waals surface area (Å²) in [5.41, 5.74) is 1.81. The Morgan fingerprint density at radius 3 is 2.48 bits per heavy atom. The normalized spacial score (nSPS) is 15.6. The van der Waals surface area contributed by atoms with E-state index in [1.54, 1.807) is 12.1 Å². The third-order valence-electron chi connectivity index (χ3n) is 5.49. The Morgan fingerprint density at radius 1 is 1.10 bits per heavy atom. The minimum Gasteiger partial charge on any atom is -0.492 e. The standard InChI is InChI=1S/C22H25N5O4/c1-3-30-20-7-5-4-6-19(20)26-14-12-25(13-15-26)16(2)21-23-24-22(31-21)17-8-10-18(11-9-17)27(28)29/h4-11,16H,3,12-15H2,1-2H3/t16-/m0/s1. The van der Waals surface area contributed by atoms with E-state index in [1.165, 1.54) is 12.1 Å². The molecule has 0 unspecified atom stereocenters. The lowest BCUT2D eigenvalue weighted by atomic mass is 10.2. The number of hydrogen-bond acceptors (Lipinski definition) is 8. The molecule has 9 heteroatoms. The lowest BCUT2D eigenvalue weighted by molar-refractivity contribution is -0.384. The number of nitro groups is 1. The number of piperazine rings is 1. The molecule has 0 bridgehead atoms. The average molecular weight is 423 g/mol. The number of hydrogen-bond donors (Lipinski definition) is 0. The van der Waals surface area contributed by atoms with Gasteiger partial charge in [-0.15, -0.1) is 10.2 Å². The first-order chi connectivity index (χ1) is 15.1. The van der Waals surface area contributed by atoms with Crippen molar-refractivity contribution in [3.8, 4) is 17.2 Å². The highest BCUT2D eigenvalue weighted by atomic mass is 16.6. The third kappa shape index (κ3) is 4.51. The highest BCUT2D eigenvalue weighted by molar-refractivity contribution is 5.59. The van der Waals surface area contributed by atoms with Crippen molar-refractivity contribution in [2.24, 2.45) is 0 Å². The van der Waals surface area contributed by atoms with Gasteiger partial charge in [0.2, 0.25) is 11.8 Å². The van der Waals surface area contributed by atoms with Crippen molar-refractivity contribution in [1.29, 1.82) is 0 Å². The Hall–Kier alpha value is -3.46. The highest BCUT2D eigenvalue weighted by Gasteiger charge is 2.27. The van der Waals surface area contributed by atoms with Crippen molar-refractivity contribution in [3.63, 3.8) is 0 Å². The minimum atomic E-state index is -0.433. The van der Waals surface area contributed by atoms with Crippen LogP contribution < -0.4 is 9.64 Å². The number of anilines is 1. The molecule has 2 aromatic carbocycles. The molecule has 1 aliphatic heterocycles. The fourth-order valence-corrected chi connectivity index (χ4v) is 3.75. The Morgan fingerprint density at radius 2 is 1.81 bits per heavy atom. The number of aromatic nitrogens is 2. The molecule has 31 heavy (non-hydrogen) atoms.